The molecule has 0 amide bonds. The fourth-order valence-electron chi connectivity index (χ4n) is 2.93. The summed E-state index contributed by atoms with van der Waals surface area (Å²) in [6, 6.07) is 11.3. The Bertz CT molecular complexity index is 1130. The zero-order valence-corrected chi connectivity index (χ0v) is 14.0. The summed E-state index contributed by atoms with van der Waals surface area (Å²) in [6.07, 6.45) is 6.37. The number of non-ortho nitro benzene ring substituents is 1. The largest absolute Gasteiger partial charge is 0.379 e. The van der Waals surface area contributed by atoms with Crippen LogP contribution in [0.25, 0.3) is 16.6 Å². The third-order valence-corrected chi connectivity index (χ3v) is 4.22. The van der Waals surface area contributed by atoms with Gasteiger partial charge in [0.15, 0.2) is 0 Å². The van der Waals surface area contributed by atoms with Gasteiger partial charge in [-0.3, -0.25) is 15.1 Å². The summed E-state index contributed by atoms with van der Waals surface area (Å²) in [7, 11) is 0. The van der Waals surface area contributed by atoms with Gasteiger partial charge in [-0.2, -0.15) is 0 Å². The standard InChI is InChI=1S/C19H14FN5O2/c20-15-10-13(3-5-18(15)24-9-8-21-12-24)11-23-16-4-6-17(25(26)27)14-2-1-7-22-19(14)16/h1-10,12,23H,11H2. The molecule has 0 spiro atoms. The molecule has 0 atom stereocenters. The topological polar surface area (TPSA) is 85.9 Å². The van der Waals surface area contributed by atoms with Crippen LogP contribution < -0.4 is 5.32 Å². The number of hydrogen-bond acceptors (Lipinski definition) is 5. The zero-order chi connectivity index (χ0) is 18.8. The van der Waals surface area contributed by atoms with Gasteiger partial charge in [0.2, 0.25) is 0 Å². The van der Waals surface area contributed by atoms with E-state index in [-0.39, 0.29) is 11.5 Å². The molecule has 0 saturated heterocycles. The summed E-state index contributed by atoms with van der Waals surface area (Å²) >= 11 is 0. The molecule has 0 aliphatic rings. The van der Waals surface area contributed by atoms with Crippen molar-refractivity contribution in [1.82, 2.24) is 14.5 Å². The molecular formula is C19H14FN5O2. The maximum absolute atomic E-state index is 14.4. The van der Waals surface area contributed by atoms with E-state index in [4.69, 9.17) is 0 Å². The van der Waals surface area contributed by atoms with Gasteiger partial charge in [-0.05, 0) is 35.9 Å². The van der Waals surface area contributed by atoms with Crippen LogP contribution >= 0.6 is 0 Å². The molecule has 4 aromatic rings. The smallest absolute Gasteiger partial charge is 0.278 e. The summed E-state index contributed by atoms with van der Waals surface area (Å²) < 4.78 is 16.0. The molecule has 0 aliphatic heterocycles. The Morgan fingerprint density at radius 3 is 2.81 bits per heavy atom. The minimum absolute atomic E-state index is 0.000575. The van der Waals surface area contributed by atoms with Crippen LogP contribution in [0.3, 0.4) is 0 Å². The van der Waals surface area contributed by atoms with Crippen molar-refractivity contribution in [2.45, 2.75) is 6.54 Å². The number of rotatable bonds is 5. The normalized spacial score (nSPS) is 10.9. The zero-order valence-electron chi connectivity index (χ0n) is 14.0. The lowest BCUT2D eigenvalue weighted by Gasteiger charge is -2.11. The number of hydrogen-bond donors (Lipinski definition) is 1. The maximum Gasteiger partial charge on any atom is 0.278 e. The quantitative estimate of drug-likeness (QED) is 0.426. The van der Waals surface area contributed by atoms with Crippen molar-refractivity contribution < 1.29 is 9.31 Å². The molecule has 7 nitrogen and oxygen atoms in total. The molecule has 0 unspecified atom stereocenters. The van der Waals surface area contributed by atoms with E-state index >= 15 is 0 Å². The van der Waals surface area contributed by atoms with E-state index in [1.807, 2.05) is 6.07 Å². The minimum Gasteiger partial charge on any atom is -0.379 e. The lowest BCUT2D eigenvalue weighted by atomic mass is 10.1. The van der Waals surface area contributed by atoms with Gasteiger partial charge in [0.05, 0.1) is 28.0 Å². The summed E-state index contributed by atoms with van der Waals surface area (Å²) in [5.41, 5.74) is 2.30. The Morgan fingerprint density at radius 2 is 2.07 bits per heavy atom. The number of imidazole rings is 1. The van der Waals surface area contributed by atoms with E-state index in [1.54, 1.807) is 47.4 Å². The van der Waals surface area contributed by atoms with E-state index in [2.05, 4.69) is 15.3 Å². The Morgan fingerprint density at radius 1 is 1.19 bits per heavy atom. The Kier molecular flexibility index (Phi) is 4.21. The molecule has 0 bridgehead atoms. The van der Waals surface area contributed by atoms with Crippen molar-refractivity contribution in [2.75, 3.05) is 5.32 Å². The molecule has 4 rings (SSSR count). The van der Waals surface area contributed by atoms with Crippen LogP contribution in [0.1, 0.15) is 5.56 Å². The Balaban J connectivity index is 1.60. The predicted molar refractivity (Wildman–Crippen MR) is 99.2 cm³/mol. The first-order valence-corrected chi connectivity index (χ1v) is 8.16. The monoisotopic (exact) mass is 363 g/mol. The van der Waals surface area contributed by atoms with Crippen LogP contribution in [0.2, 0.25) is 0 Å². The highest BCUT2D eigenvalue weighted by atomic mass is 19.1. The molecule has 2 aromatic heterocycles. The molecule has 0 radical (unpaired) electrons. The summed E-state index contributed by atoms with van der Waals surface area (Å²) in [5.74, 6) is -0.362. The first kappa shape index (κ1) is 16.6. The van der Waals surface area contributed by atoms with Crippen LogP contribution in [0, 0.1) is 15.9 Å². The number of nitrogens with one attached hydrogen (secondary N) is 1. The van der Waals surface area contributed by atoms with E-state index in [9.17, 15) is 14.5 Å². The second kappa shape index (κ2) is 6.83. The van der Waals surface area contributed by atoms with Gasteiger partial charge in [-0.15, -0.1) is 0 Å². The Hall–Kier alpha value is -3.81. The highest BCUT2D eigenvalue weighted by Gasteiger charge is 2.15. The molecule has 0 saturated carbocycles. The third-order valence-electron chi connectivity index (χ3n) is 4.22. The molecular weight excluding hydrogens is 349 g/mol. The van der Waals surface area contributed by atoms with Crippen LogP contribution in [-0.4, -0.2) is 19.5 Å². The number of anilines is 1. The van der Waals surface area contributed by atoms with Crippen molar-refractivity contribution in [3.63, 3.8) is 0 Å². The first-order valence-electron chi connectivity index (χ1n) is 8.16. The Labute approximate surface area is 153 Å². The second-order valence-corrected chi connectivity index (χ2v) is 5.90. The molecule has 27 heavy (non-hydrogen) atoms. The lowest BCUT2D eigenvalue weighted by molar-refractivity contribution is -0.383. The number of halogens is 1. The summed E-state index contributed by atoms with van der Waals surface area (Å²) in [6.45, 7) is 0.352. The van der Waals surface area contributed by atoms with Crippen LogP contribution in [0.4, 0.5) is 15.8 Å². The average Bonchev–Trinajstić information content (AvgIpc) is 3.20. The number of fused-ring (bicyclic) bond motifs is 1. The van der Waals surface area contributed by atoms with Crippen molar-refractivity contribution in [3.8, 4) is 5.69 Å². The van der Waals surface area contributed by atoms with Crippen LogP contribution in [0.15, 0.2) is 67.4 Å². The SMILES string of the molecule is O=[N+]([O-])c1ccc(NCc2ccc(-n3ccnc3)c(F)c2)c2ncccc12. The number of benzene rings is 2. The van der Waals surface area contributed by atoms with Crippen molar-refractivity contribution in [2.24, 2.45) is 0 Å². The van der Waals surface area contributed by atoms with Gasteiger partial charge in [0.1, 0.15) is 11.3 Å². The van der Waals surface area contributed by atoms with Crippen molar-refractivity contribution >= 4 is 22.3 Å². The van der Waals surface area contributed by atoms with E-state index in [0.717, 1.165) is 5.56 Å². The van der Waals surface area contributed by atoms with Gasteiger partial charge in [0, 0.05) is 31.2 Å². The number of nitrogens with zero attached hydrogens (tertiary/aromatic N) is 4. The minimum atomic E-state index is -0.433. The molecule has 0 fully saturated rings. The summed E-state index contributed by atoms with van der Waals surface area (Å²) in [5, 5.41) is 14.8. The van der Waals surface area contributed by atoms with Crippen molar-refractivity contribution in [3.05, 3.63) is 88.9 Å². The van der Waals surface area contributed by atoms with Crippen molar-refractivity contribution in [1.29, 1.82) is 0 Å². The molecule has 134 valence electrons. The first-order chi connectivity index (χ1) is 13.1. The molecule has 0 aliphatic carbocycles. The molecule has 2 heterocycles. The highest BCUT2D eigenvalue weighted by Crippen LogP contribution is 2.30. The number of nitro groups is 1. The lowest BCUT2D eigenvalue weighted by Crippen LogP contribution is -2.03. The van der Waals surface area contributed by atoms with Crippen LogP contribution in [-0.2, 0) is 6.54 Å². The molecule has 1 N–H and O–H groups in total. The predicted octanol–water partition coefficient (Wildman–Crippen LogP) is 4.08. The number of aromatic nitrogens is 3. The van der Waals surface area contributed by atoms with Gasteiger partial charge in [0.25, 0.3) is 5.69 Å². The maximum atomic E-state index is 14.4. The van der Waals surface area contributed by atoms with Gasteiger partial charge in [-0.25, -0.2) is 9.37 Å². The second-order valence-electron chi connectivity index (χ2n) is 5.90. The van der Waals surface area contributed by atoms with Crippen LogP contribution in [0.5, 0.6) is 0 Å². The third kappa shape index (κ3) is 3.20. The van der Waals surface area contributed by atoms with Gasteiger partial charge < -0.3 is 9.88 Å². The fraction of sp³-hybridized carbons (Fsp3) is 0.0526. The molecule has 8 heteroatoms. The van der Waals surface area contributed by atoms with E-state index < -0.39 is 4.92 Å². The number of nitro benzene ring substituents is 1. The highest BCUT2D eigenvalue weighted by molar-refractivity contribution is 5.96. The average molecular weight is 363 g/mol. The van der Waals surface area contributed by atoms with Gasteiger partial charge in [-0.1, -0.05) is 6.07 Å². The fourth-order valence-corrected chi connectivity index (χ4v) is 2.93. The van der Waals surface area contributed by atoms with E-state index in [0.29, 0.717) is 28.8 Å². The number of pyridine rings is 1. The summed E-state index contributed by atoms with van der Waals surface area (Å²) in [4.78, 5) is 18.9. The molecule has 2 aromatic carbocycles. The van der Waals surface area contributed by atoms with E-state index in [1.165, 1.54) is 18.5 Å². The van der Waals surface area contributed by atoms with Gasteiger partial charge >= 0.3 is 0 Å².